The molecule has 100 valence electrons. The number of nitrogens with two attached hydrogens (primary N) is 1. The van der Waals surface area contributed by atoms with Crippen LogP contribution >= 0.6 is 0 Å². The fourth-order valence-electron chi connectivity index (χ4n) is 2.21. The molecule has 0 aliphatic carbocycles. The van der Waals surface area contributed by atoms with Crippen molar-refractivity contribution in [1.82, 2.24) is 4.57 Å². The summed E-state index contributed by atoms with van der Waals surface area (Å²) < 4.78 is 2.02. The maximum Gasteiger partial charge on any atom is 0.272 e. The van der Waals surface area contributed by atoms with Gasteiger partial charge in [0.05, 0.1) is 4.92 Å². The van der Waals surface area contributed by atoms with Gasteiger partial charge >= 0.3 is 0 Å². The van der Waals surface area contributed by atoms with E-state index in [9.17, 15) is 10.1 Å². The zero-order valence-electron chi connectivity index (χ0n) is 11.0. The van der Waals surface area contributed by atoms with Crippen molar-refractivity contribution < 1.29 is 4.92 Å². The van der Waals surface area contributed by atoms with Crippen LogP contribution in [0.2, 0.25) is 0 Å². The number of nitro benzene ring substituents is 1. The van der Waals surface area contributed by atoms with Crippen LogP contribution in [0.15, 0.2) is 36.5 Å². The van der Waals surface area contributed by atoms with Crippen LogP contribution in [0.3, 0.4) is 0 Å². The van der Waals surface area contributed by atoms with Crippen LogP contribution in [-0.2, 0) is 6.54 Å². The highest BCUT2D eigenvalue weighted by Gasteiger charge is 2.14. The molecule has 0 saturated carbocycles. The summed E-state index contributed by atoms with van der Waals surface area (Å²) in [4.78, 5) is 10.6. The fraction of sp³-hybridized carbons (Fsp3) is 0.286. The predicted octanol–water partition coefficient (Wildman–Crippen LogP) is 2.77. The van der Waals surface area contributed by atoms with E-state index in [0.29, 0.717) is 12.1 Å². The van der Waals surface area contributed by atoms with Gasteiger partial charge in [-0.2, -0.15) is 0 Å². The molecule has 5 heteroatoms. The molecule has 1 unspecified atom stereocenters. The van der Waals surface area contributed by atoms with Crippen LogP contribution in [0.25, 0.3) is 0 Å². The van der Waals surface area contributed by atoms with Gasteiger partial charge < -0.3 is 10.3 Å². The standard InChI is InChI=1S/C14H17N3O2/c1-10-12(5-3-6-13(10)17(18)19)9-16-8-4-7-14(16)11(2)15/h3-8,11H,9,15H2,1-2H3. The lowest BCUT2D eigenvalue weighted by Gasteiger charge is -2.13. The van der Waals surface area contributed by atoms with Crippen LogP contribution < -0.4 is 5.73 Å². The number of aromatic nitrogens is 1. The average Bonchev–Trinajstić information content (AvgIpc) is 2.79. The lowest BCUT2D eigenvalue weighted by atomic mass is 10.1. The number of nitro groups is 1. The molecule has 0 saturated heterocycles. The highest BCUT2D eigenvalue weighted by molar-refractivity contribution is 5.44. The summed E-state index contributed by atoms with van der Waals surface area (Å²) in [6.45, 7) is 4.30. The molecule has 1 atom stereocenters. The predicted molar refractivity (Wildman–Crippen MR) is 74.0 cm³/mol. The Bertz CT molecular complexity index is 602. The molecule has 0 radical (unpaired) electrons. The highest BCUT2D eigenvalue weighted by Crippen LogP contribution is 2.23. The van der Waals surface area contributed by atoms with E-state index in [1.165, 1.54) is 6.07 Å². The van der Waals surface area contributed by atoms with Crippen molar-refractivity contribution >= 4 is 5.69 Å². The molecule has 19 heavy (non-hydrogen) atoms. The Balaban J connectivity index is 2.36. The second-order valence-corrected chi connectivity index (χ2v) is 4.67. The molecule has 0 bridgehead atoms. The first-order chi connectivity index (χ1) is 9.00. The third-order valence-electron chi connectivity index (χ3n) is 3.29. The summed E-state index contributed by atoms with van der Waals surface area (Å²) >= 11 is 0. The molecule has 0 aliphatic heterocycles. The lowest BCUT2D eigenvalue weighted by molar-refractivity contribution is -0.385. The fourth-order valence-corrected chi connectivity index (χ4v) is 2.21. The van der Waals surface area contributed by atoms with E-state index in [0.717, 1.165) is 11.3 Å². The summed E-state index contributed by atoms with van der Waals surface area (Å²) in [5.74, 6) is 0. The van der Waals surface area contributed by atoms with Crippen LogP contribution in [0, 0.1) is 17.0 Å². The van der Waals surface area contributed by atoms with Gasteiger partial charge in [-0.15, -0.1) is 0 Å². The van der Waals surface area contributed by atoms with E-state index in [2.05, 4.69) is 0 Å². The summed E-state index contributed by atoms with van der Waals surface area (Å²) in [6, 6.07) is 9.00. The third kappa shape index (κ3) is 2.66. The Kier molecular flexibility index (Phi) is 3.66. The van der Waals surface area contributed by atoms with E-state index in [1.807, 2.05) is 35.9 Å². The van der Waals surface area contributed by atoms with E-state index < -0.39 is 0 Å². The normalized spacial score (nSPS) is 12.4. The van der Waals surface area contributed by atoms with Gasteiger partial charge in [-0.1, -0.05) is 12.1 Å². The molecule has 0 spiro atoms. The number of benzene rings is 1. The SMILES string of the molecule is Cc1c(Cn2cccc2C(C)N)cccc1[N+](=O)[O-]. The summed E-state index contributed by atoms with van der Waals surface area (Å²) in [5.41, 5.74) is 8.72. The maximum atomic E-state index is 10.9. The van der Waals surface area contributed by atoms with E-state index in [1.54, 1.807) is 13.0 Å². The van der Waals surface area contributed by atoms with Crippen molar-refractivity contribution in [3.63, 3.8) is 0 Å². The van der Waals surface area contributed by atoms with E-state index in [-0.39, 0.29) is 16.7 Å². The monoisotopic (exact) mass is 259 g/mol. The van der Waals surface area contributed by atoms with Gasteiger partial charge in [0.25, 0.3) is 5.69 Å². The van der Waals surface area contributed by atoms with Gasteiger partial charge in [0.2, 0.25) is 0 Å². The Morgan fingerprint density at radius 3 is 2.74 bits per heavy atom. The molecule has 2 N–H and O–H groups in total. The zero-order valence-corrected chi connectivity index (χ0v) is 11.0. The van der Waals surface area contributed by atoms with Crippen molar-refractivity contribution in [3.05, 3.63) is 63.5 Å². The molecule has 1 aromatic carbocycles. The van der Waals surface area contributed by atoms with Gasteiger partial charge in [-0.3, -0.25) is 10.1 Å². The second-order valence-electron chi connectivity index (χ2n) is 4.67. The quantitative estimate of drug-likeness (QED) is 0.677. The number of rotatable bonds is 4. The Labute approximate surface area is 111 Å². The maximum absolute atomic E-state index is 10.9. The molecule has 1 aromatic heterocycles. The highest BCUT2D eigenvalue weighted by atomic mass is 16.6. The Morgan fingerprint density at radius 1 is 1.37 bits per heavy atom. The number of hydrogen-bond donors (Lipinski definition) is 1. The Hall–Kier alpha value is -2.14. The van der Waals surface area contributed by atoms with Gasteiger partial charge in [0, 0.05) is 36.1 Å². The molecule has 5 nitrogen and oxygen atoms in total. The third-order valence-corrected chi connectivity index (χ3v) is 3.29. The molecule has 0 aliphatic rings. The topological polar surface area (TPSA) is 74.1 Å². The zero-order chi connectivity index (χ0) is 14.0. The molecular formula is C14H17N3O2. The van der Waals surface area contributed by atoms with Gasteiger partial charge in [0.15, 0.2) is 0 Å². The van der Waals surface area contributed by atoms with Crippen LogP contribution in [0.4, 0.5) is 5.69 Å². The Morgan fingerprint density at radius 2 is 2.11 bits per heavy atom. The van der Waals surface area contributed by atoms with Gasteiger partial charge in [-0.25, -0.2) is 0 Å². The average molecular weight is 259 g/mol. The van der Waals surface area contributed by atoms with Crippen molar-refractivity contribution in [2.24, 2.45) is 5.73 Å². The van der Waals surface area contributed by atoms with E-state index in [4.69, 9.17) is 5.73 Å². The summed E-state index contributed by atoms with van der Waals surface area (Å²) in [5, 5.41) is 10.9. The molecule has 0 fully saturated rings. The lowest BCUT2D eigenvalue weighted by Crippen LogP contribution is -2.13. The van der Waals surface area contributed by atoms with Crippen LogP contribution in [-0.4, -0.2) is 9.49 Å². The van der Waals surface area contributed by atoms with Crippen molar-refractivity contribution in [2.45, 2.75) is 26.4 Å². The van der Waals surface area contributed by atoms with Gasteiger partial charge in [0.1, 0.15) is 0 Å². The summed E-state index contributed by atoms with van der Waals surface area (Å²) in [7, 11) is 0. The minimum atomic E-state index is -0.346. The number of hydrogen-bond acceptors (Lipinski definition) is 3. The van der Waals surface area contributed by atoms with Gasteiger partial charge in [-0.05, 0) is 31.5 Å². The van der Waals surface area contributed by atoms with Crippen molar-refractivity contribution in [1.29, 1.82) is 0 Å². The minimum Gasteiger partial charge on any atom is -0.346 e. The molecule has 1 heterocycles. The van der Waals surface area contributed by atoms with Crippen molar-refractivity contribution in [2.75, 3.05) is 0 Å². The summed E-state index contributed by atoms with van der Waals surface area (Å²) in [6.07, 6.45) is 1.94. The largest absolute Gasteiger partial charge is 0.346 e. The first kappa shape index (κ1) is 13.3. The molecule has 0 amide bonds. The first-order valence-corrected chi connectivity index (χ1v) is 6.14. The smallest absolute Gasteiger partial charge is 0.272 e. The van der Waals surface area contributed by atoms with Crippen LogP contribution in [0.5, 0.6) is 0 Å². The number of nitrogens with zero attached hydrogens (tertiary/aromatic N) is 2. The molecule has 2 aromatic rings. The molecular weight excluding hydrogens is 242 g/mol. The molecule has 2 rings (SSSR count). The van der Waals surface area contributed by atoms with E-state index >= 15 is 0 Å². The van der Waals surface area contributed by atoms with Crippen molar-refractivity contribution in [3.8, 4) is 0 Å². The van der Waals surface area contributed by atoms with Crippen LogP contribution in [0.1, 0.15) is 29.8 Å². The second kappa shape index (κ2) is 5.24. The minimum absolute atomic E-state index is 0.0611. The first-order valence-electron chi connectivity index (χ1n) is 6.14.